The van der Waals surface area contributed by atoms with E-state index in [2.05, 4.69) is 17.4 Å². The van der Waals surface area contributed by atoms with Crippen molar-refractivity contribution in [2.45, 2.75) is 18.4 Å². The van der Waals surface area contributed by atoms with E-state index in [0.29, 0.717) is 12.0 Å². The molecule has 0 aromatic heterocycles. The first kappa shape index (κ1) is 9.21. The Kier molecular flexibility index (Phi) is 2.50. The largest absolute Gasteiger partial charge is 0.369 e. The summed E-state index contributed by atoms with van der Waals surface area (Å²) < 4.78 is 0. The summed E-state index contributed by atoms with van der Waals surface area (Å²) in [6, 6.07) is 10.8. The molecule has 1 saturated carbocycles. The maximum absolute atomic E-state index is 10.5. The SMILES string of the molecule is NC(=O)CN[C@H]1CC1c1ccccc1. The van der Waals surface area contributed by atoms with Crippen LogP contribution in [0.15, 0.2) is 30.3 Å². The molecule has 1 fully saturated rings. The minimum atomic E-state index is -0.288. The van der Waals surface area contributed by atoms with Gasteiger partial charge in [0.15, 0.2) is 0 Å². The molecule has 1 aromatic rings. The molecule has 0 saturated heterocycles. The van der Waals surface area contributed by atoms with Crippen molar-refractivity contribution in [3.63, 3.8) is 0 Å². The molecular formula is C11H14N2O. The predicted octanol–water partition coefficient (Wildman–Crippen LogP) is 0.617. The summed E-state index contributed by atoms with van der Waals surface area (Å²) in [6.45, 7) is 0.286. The zero-order valence-electron chi connectivity index (χ0n) is 7.94. The van der Waals surface area contributed by atoms with Gasteiger partial charge in [0.1, 0.15) is 0 Å². The smallest absolute Gasteiger partial charge is 0.231 e. The number of nitrogens with one attached hydrogen (secondary N) is 1. The van der Waals surface area contributed by atoms with E-state index in [1.807, 2.05) is 18.2 Å². The third kappa shape index (κ3) is 2.12. The third-order valence-electron chi connectivity index (χ3n) is 2.56. The summed E-state index contributed by atoms with van der Waals surface area (Å²) >= 11 is 0. The summed E-state index contributed by atoms with van der Waals surface area (Å²) in [5, 5.41) is 3.13. The van der Waals surface area contributed by atoms with Crippen molar-refractivity contribution in [2.75, 3.05) is 6.54 Å². The zero-order chi connectivity index (χ0) is 9.97. The molecule has 1 aromatic carbocycles. The van der Waals surface area contributed by atoms with Gasteiger partial charge in [0.05, 0.1) is 6.54 Å². The molecule has 1 aliphatic rings. The van der Waals surface area contributed by atoms with Gasteiger partial charge < -0.3 is 11.1 Å². The van der Waals surface area contributed by atoms with Crippen molar-refractivity contribution in [1.82, 2.24) is 5.32 Å². The van der Waals surface area contributed by atoms with Gasteiger partial charge in [0.2, 0.25) is 5.91 Å². The van der Waals surface area contributed by atoms with Crippen molar-refractivity contribution >= 4 is 5.91 Å². The Morgan fingerprint density at radius 3 is 2.79 bits per heavy atom. The first-order valence-corrected chi connectivity index (χ1v) is 4.84. The third-order valence-corrected chi connectivity index (χ3v) is 2.56. The molecule has 1 aliphatic carbocycles. The minimum absolute atomic E-state index is 0.286. The average Bonchev–Trinajstić information content (AvgIpc) is 2.95. The zero-order valence-corrected chi connectivity index (χ0v) is 7.94. The Morgan fingerprint density at radius 2 is 2.14 bits per heavy atom. The second-order valence-electron chi connectivity index (χ2n) is 3.71. The number of hydrogen-bond acceptors (Lipinski definition) is 2. The lowest BCUT2D eigenvalue weighted by atomic mass is 10.1. The molecule has 0 bridgehead atoms. The fraction of sp³-hybridized carbons (Fsp3) is 0.364. The monoisotopic (exact) mass is 190 g/mol. The van der Waals surface area contributed by atoms with Gasteiger partial charge in [-0.1, -0.05) is 30.3 Å². The van der Waals surface area contributed by atoms with Crippen LogP contribution < -0.4 is 11.1 Å². The van der Waals surface area contributed by atoms with Crippen molar-refractivity contribution in [3.8, 4) is 0 Å². The summed E-state index contributed by atoms with van der Waals surface area (Å²) in [5.41, 5.74) is 6.39. The summed E-state index contributed by atoms with van der Waals surface area (Å²) in [4.78, 5) is 10.5. The van der Waals surface area contributed by atoms with Crippen LogP contribution in [-0.2, 0) is 4.79 Å². The van der Waals surface area contributed by atoms with E-state index < -0.39 is 0 Å². The highest BCUT2D eigenvalue weighted by Gasteiger charge is 2.37. The molecule has 2 atom stereocenters. The first-order chi connectivity index (χ1) is 6.77. The highest BCUT2D eigenvalue weighted by Crippen LogP contribution is 2.40. The molecule has 0 spiro atoms. The molecule has 1 unspecified atom stereocenters. The van der Waals surface area contributed by atoms with Crippen LogP contribution >= 0.6 is 0 Å². The second-order valence-corrected chi connectivity index (χ2v) is 3.71. The van der Waals surface area contributed by atoms with Crippen LogP contribution in [0, 0.1) is 0 Å². The van der Waals surface area contributed by atoms with Crippen molar-refractivity contribution in [2.24, 2.45) is 5.73 Å². The van der Waals surface area contributed by atoms with Crippen LogP contribution in [0.4, 0.5) is 0 Å². The Labute approximate surface area is 83.3 Å². The van der Waals surface area contributed by atoms with Gasteiger partial charge in [-0.05, 0) is 12.0 Å². The Bertz CT molecular complexity index is 323. The number of carbonyl (C=O) groups is 1. The summed E-state index contributed by atoms with van der Waals surface area (Å²) in [6.07, 6.45) is 1.11. The molecule has 3 N–H and O–H groups in total. The van der Waals surface area contributed by atoms with E-state index in [-0.39, 0.29) is 12.5 Å². The number of rotatable bonds is 4. The molecule has 14 heavy (non-hydrogen) atoms. The molecule has 0 aliphatic heterocycles. The number of benzene rings is 1. The van der Waals surface area contributed by atoms with Crippen LogP contribution in [0.1, 0.15) is 17.9 Å². The highest BCUT2D eigenvalue weighted by molar-refractivity contribution is 5.76. The minimum Gasteiger partial charge on any atom is -0.369 e. The molecule has 3 nitrogen and oxygen atoms in total. The molecular weight excluding hydrogens is 176 g/mol. The summed E-state index contributed by atoms with van der Waals surface area (Å²) in [7, 11) is 0. The fourth-order valence-corrected chi connectivity index (χ4v) is 1.72. The quantitative estimate of drug-likeness (QED) is 0.731. The Morgan fingerprint density at radius 1 is 1.43 bits per heavy atom. The van der Waals surface area contributed by atoms with Gasteiger partial charge >= 0.3 is 0 Å². The molecule has 0 radical (unpaired) electrons. The predicted molar refractivity (Wildman–Crippen MR) is 54.8 cm³/mol. The van der Waals surface area contributed by atoms with E-state index in [4.69, 9.17) is 5.73 Å². The van der Waals surface area contributed by atoms with Crippen molar-refractivity contribution in [3.05, 3.63) is 35.9 Å². The molecule has 0 heterocycles. The van der Waals surface area contributed by atoms with Crippen LogP contribution in [0.2, 0.25) is 0 Å². The Balaban J connectivity index is 1.85. The van der Waals surface area contributed by atoms with E-state index in [9.17, 15) is 4.79 Å². The maximum atomic E-state index is 10.5. The van der Waals surface area contributed by atoms with Crippen molar-refractivity contribution < 1.29 is 4.79 Å². The van der Waals surface area contributed by atoms with Crippen molar-refractivity contribution in [1.29, 1.82) is 0 Å². The maximum Gasteiger partial charge on any atom is 0.231 e. The van der Waals surface area contributed by atoms with Gasteiger partial charge in [0, 0.05) is 12.0 Å². The van der Waals surface area contributed by atoms with Gasteiger partial charge in [-0.15, -0.1) is 0 Å². The number of primary amides is 1. The fourth-order valence-electron chi connectivity index (χ4n) is 1.72. The molecule has 74 valence electrons. The number of hydrogen-bond donors (Lipinski definition) is 2. The molecule has 3 heteroatoms. The van der Waals surface area contributed by atoms with Gasteiger partial charge in [-0.2, -0.15) is 0 Å². The van der Waals surface area contributed by atoms with Gasteiger partial charge in [-0.25, -0.2) is 0 Å². The van der Waals surface area contributed by atoms with Crippen LogP contribution in [0.5, 0.6) is 0 Å². The standard InChI is InChI=1S/C11H14N2O/c12-11(14)7-13-10-6-9(10)8-4-2-1-3-5-8/h1-5,9-10,13H,6-7H2,(H2,12,14)/t9?,10-/m0/s1. The molecule has 1 amide bonds. The lowest BCUT2D eigenvalue weighted by Gasteiger charge is -2.01. The normalized spacial score (nSPS) is 24.6. The van der Waals surface area contributed by atoms with Crippen LogP contribution in [0.3, 0.4) is 0 Å². The van der Waals surface area contributed by atoms with Gasteiger partial charge in [-0.3, -0.25) is 4.79 Å². The van der Waals surface area contributed by atoms with E-state index in [1.165, 1.54) is 5.56 Å². The van der Waals surface area contributed by atoms with E-state index in [0.717, 1.165) is 6.42 Å². The van der Waals surface area contributed by atoms with E-state index in [1.54, 1.807) is 0 Å². The van der Waals surface area contributed by atoms with Crippen LogP contribution in [-0.4, -0.2) is 18.5 Å². The number of carbonyl (C=O) groups excluding carboxylic acids is 1. The lowest BCUT2D eigenvalue weighted by Crippen LogP contribution is -2.30. The number of nitrogens with two attached hydrogens (primary N) is 1. The number of amides is 1. The molecule has 2 rings (SSSR count). The van der Waals surface area contributed by atoms with E-state index >= 15 is 0 Å². The Hall–Kier alpha value is -1.35. The topological polar surface area (TPSA) is 55.1 Å². The average molecular weight is 190 g/mol. The van der Waals surface area contributed by atoms with Crippen LogP contribution in [0.25, 0.3) is 0 Å². The lowest BCUT2D eigenvalue weighted by molar-refractivity contribution is -0.117. The summed E-state index contributed by atoms with van der Waals surface area (Å²) in [5.74, 6) is 0.277. The second kappa shape index (κ2) is 3.80. The van der Waals surface area contributed by atoms with Gasteiger partial charge in [0.25, 0.3) is 0 Å². The first-order valence-electron chi connectivity index (χ1n) is 4.84. The highest BCUT2D eigenvalue weighted by atomic mass is 16.1.